The molecule has 2 saturated heterocycles. The van der Waals surface area contributed by atoms with E-state index in [-0.39, 0.29) is 68.8 Å². The molecule has 8 nitrogen and oxygen atoms in total. The first-order valence-electron chi connectivity index (χ1n) is 19.1. The van der Waals surface area contributed by atoms with Crippen molar-refractivity contribution in [2.75, 3.05) is 0 Å². The quantitative estimate of drug-likeness (QED) is 0.204. The Morgan fingerprint density at radius 1 is 0.562 bits per heavy atom. The van der Waals surface area contributed by atoms with Gasteiger partial charge in [0.2, 0.25) is 0 Å². The minimum Gasteiger partial charge on any atom is -0.508 e. The highest BCUT2D eigenvalue weighted by molar-refractivity contribution is 5.43. The van der Waals surface area contributed by atoms with E-state index in [0.29, 0.717) is 59.5 Å². The van der Waals surface area contributed by atoms with Crippen LogP contribution < -0.4 is 0 Å². The molecule has 0 bridgehead atoms. The van der Waals surface area contributed by atoms with Gasteiger partial charge in [0.1, 0.15) is 34.9 Å². The second-order valence-electron chi connectivity index (χ2n) is 19.0. The third-order valence-corrected chi connectivity index (χ3v) is 17.9. The SMILES string of the molecule is C[C@]12CC[C@H]3[C@@H](CC[C@@]45O[C@@H]4C(O)=C(C#N)C[C@]35C)[C@@H]1CC[C@@H]2O.C[C@]12CC[C@H]3[C@@H](CC[C@@]45O[C@@H]4C(O)=C(C#N)C[C@]35C)[C@@H]1CC[C@@H]2O. The minimum atomic E-state index is -0.241. The third kappa shape index (κ3) is 3.60. The van der Waals surface area contributed by atoms with Gasteiger partial charge in [-0.25, -0.2) is 0 Å². The maximum absolute atomic E-state index is 10.5. The zero-order chi connectivity index (χ0) is 33.8. The van der Waals surface area contributed by atoms with Crippen LogP contribution in [0.5, 0.6) is 0 Å². The number of rotatable bonds is 0. The van der Waals surface area contributed by atoms with Crippen molar-refractivity contribution in [1.29, 1.82) is 10.5 Å². The summed E-state index contributed by atoms with van der Waals surface area (Å²) >= 11 is 0. The molecule has 2 spiro atoms. The normalized spacial score (nSPS) is 58.2. The molecule has 6 saturated carbocycles. The number of aliphatic hydroxyl groups is 4. The fraction of sp³-hybridized carbons (Fsp3) is 0.850. The molecule has 8 fully saturated rings. The summed E-state index contributed by atoms with van der Waals surface area (Å²) in [5.74, 6) is 3.93. The first-order chi connectivity index (χ1) is 22.7. The number of aliphatic hydroxyl groups excluding tert-OH is 4. The predicted octanol–water partition coefficient (Wildman–Crippen LogP) is 6.93. The van der Waals surface area contributed by atoms with Crippen molar-refractivity contribution in [2.24, 2.45) is 57.2 Å². The van der Waals surface area contributed by atoms with E-state index in [0.717, 1.165) is 77.0 Å². The number of nitrogens with zero attached hydrogens (tertiary/aromatic N) is 2. The monoisotopic (exact) mass is 658 g/mol. The van der Waals surface area contributed by atoms with Crippen LogP contribution in [-0.4, -0.2) is 56.0 Å². The molecule has 8 aliphatic carbocycles. The Bertz CT molecular complexity index is 1480. The van der Waals surface area contributed by atoms with Crippen LogP contribution in [0.25, 0.3) is 0 Å². The van der Waals surface area contributed by atoms with Gasteiger partial charge in [-0.05, 0) is 136 Å². The summed E-state index contributed by atoms with van der Waals surface area (Å²) in [4.78, 5) is 0. The number of nitriles is 2. The van der Waals surface area contributed by atoms with Crippen LogP contribution in [0.2, 0.25) is 0 Å². The molecule has 0 aromatic carbocycles. The molecule has 10 aliphatic rings. The third-order valence-electron chi connectivity index (χ3n) is 17.9. The average molecular weight is 659 g/mol. The lowest BCUT2D eigenvalue weighted by molar-refractivity contribution is -0.116. The number of hydrogen-bond donors (Lipinski definition) is 4. The molecule has 2 aliphatic heterocycles. The first kappa shape index (κ1) is 31.9. The van der Waals surface area contributed by atoms with Crippen molar-refractivity contribution in [3.63, 3.8) is 0 Å². The fourth-order valence-corrected chi connectivity index (χ4v) is 15.0. The van der Waals surface area contributed by atoms with E-state index in [9.17, 15) is 30.9 Å². The molecule has 0 unspecified atom stereocenters. The van der Waals surface area contributed by atoms with Crippen molar-refractivity contribution in [3.8, 4) is 12.1 Å². The molecule has 260 valence electrons. The second-order valence-corrected chi connectivity index (χ2v) is 19.0. The average Bonchev–Trinajstić information content (AvgIpc) is 3.95. The van der Waals surface area contributed by atoms with E-state index in [1.54, 1.807) is 0 Å². The molecule has 48 heavy (non-hydrogen) atoms. The summed E-state index contributed by atoms with van der Waals surface area (Å²) in [5, 5.41) is 60.7. The molecule has 10 rings (SSSR count). The van der Waals surface area contributed by atoms with Crippen LogP contribution in [0, 0.1) is 79.8 Å². The summed E-state index contributed by atoms with van der Waals surface area (Å²) in [6, 6.07) is 4.46. The zero-order valence-corrected chi connectivity index (χ0v) is 29.2. The van der Waals surface area contributed by atoms with Crippen LogP contribution in [0.15, 0.2) is 22.7 Å². The van der Waals surface area contributed by atoms with Crippen LogP contribution >= 0.6 is 0 Å². The van der Waals surface area contributed by atoms with Crippen molar-refractivity contribution < 1.29 is 29.9 Å². The highest BCUT2D eigenvalue weighted by Gasteiger charge is 2.78. The van der Waals surface area contributed by atoms with E-state index in [4.69, 9.17) is 9.47 Å². The minimum absolute atomic E-state index is 0.0489. The Kier molecular flexibility index (Phi) is 6.51. The largest absolute Gasteiger partial charge is 0.508 e. The lowest BCUT2D eigenvalue weighted by Crippen LogP contribution is -2.57. The van der Waals surface area contributed by atoms with Crippen molar-refractivity contribution in [2.45, 2.75) is 153 Å². The number of ether oxygens (including phenoxy) is 2. The molecule has 0 amide bonds. The van der Waals surface area contributed by atoms with Gasteiger partial charge in [0.05, 0.1) is 35.5 Å². The second kappa shape index (κ2) is 9.81. The van der Waals surface area contributed by atoms with Gasteiger partial charge in [-0.2, -0.15) is 10.5 Å². The number of allylic oxidation sites excluding steroid dienone is 2. The molecular weight excluding hydrogens is 604 g/mol. The highest BCUT2D eigenvalue weighted by Crippen LogP contribution is 2.74. The fourth-order valence-electron chi connectivity index (χ4n) is 15.0. The van der Waals surface area contributed by atoms with Gasteiger partial charge in [-0.15, -0.1) is 0 Å². The Morgan fingerprint density at radius 2 is 0.958 bits per heavy atom. The summed E-state index contributed by atoms with van der Waals surface area (Å²) in [6.07, 6.45) is 13.3. The van der Waals surface area contributed by atoms with E-state index < -0.39 is 0 Å². The lowest BCUT2D eigenvalue weighted by atomic mass is 9.45. The van der Waals surface area contributed by atoms with Gasteiger partial charge in [-0.1, -0.05) is 27.7 Å². The Balaban J connectivity index is 0.000000131. The predicted molar refractivity (Wildman–Crippen MR) is 176 cm³/mol. The van der Waals surface area contributed by atoms with Gasteiger partial charge in [0, 0.05) is 10.8 Å². The standard InChI is InChI=1S/2C20H27NO3/c2*1-18-7-6-14-12(13(18)3-4-15(18)22)5-8-20-17(24-20)16(23)11(10-21)9-19(14,20)2/h2*12-15,17,22-23H,3-9H2,1-2H3/t2*12-,13-,14-,15-,17+,18-,19+,20+/m00/s1. The van der Waals surface area contributed by atoms with Crippen molar-refractivity contribution in [3.05, 3.63) is 22.7 Å². The maximum atomic E-state index is 10.5. The van der Waals surface area contributed by atoms with Crippen LogP contribution in [-0.2, 0) is 9.47 Å². The summed E-state index contributed by atoms with van der Waals surface area (Å²) < 4.78 is 12.2. The molecule has 0 aromatic rings. The van der Waals surface area contributed by atoms with Crippen LogP contribution in [0.4, 0.5) is 0 Å². The van der Waals surface area contributed by atoms with E-state index >= 15 is 0 Å². The Morgan fingerprint density at radius 3 is 1.33 bits per heavy atom. The molecule has 0 radical (unpaired) electrons. The molecule has 8 heteroatoms. The van der Waals surface area contributed by atoms with Crippen LogP contribution in [0.3, 0.4) is 0 Å². The smallest absolute Gasteiger partial charge is 0.146 e. The summed E-state index contributed by atoms with van der Waals surface area (Å²) in [5.41, 5.74) is 0.673. The van der Waals surface area contributed by atoms with Gasteiger partial charge in [0.15, 0.2) is 0 Å². The topological polar surface area (TPSA) is 154 Å². The molecule has 0 aromatic heterocycles. The zero-order valence-electron chi connectivity index (χ0n) is 29.2. The molecular formula is C40H54N2O6. The summed E-state index contributed by atoms with van der Waals surface area (Å²) in [7, 11) is 0. The molecule has 16 atom stereocenters. The van der Waals surface area contributed by atoms with Crippen molar-refractivity contribution in [1.82, 2.24) is 0 Å². The van der Waals surface area contributed by atoms with Gasteiger partial charge >= 0.3 is 0 Å². The number of fused-ring (bicyclic) bond motifs is 8. The van der Waals surface area contributed by atoms with Crippen molar-refractivity contribution >= 4 is 0 Å². The molecule has 2 heterocycles. The van der Waals surface area contributed by atoms with Crippen LogP contribution in [0.1, 0.15) is 118 Å². The first-order valence-corrected chi connectivity index (χ1v) is 19.1. The summed E-state index contributed by atoms with van der Waals surface area (Å²) in [6.45, 7) is 9.20. The lowest BCUT2D eigenvalue weighted by Gasteiger charge is -2.58. The van der Waals surface area contributed by atoms with E-state index in [2.05, 4.69) is 39.8 Å². The van der Waals surface area contributed by atoms with Gasteiger partial charge in [-0.3, -0.25) is 0 Å². The van der Waals surface area contributed by atoms with Gasteiger partial charge in [0.25, 0.3) is 0 Å². The Labute approximate surface area is 285 Å². The van der Waals surface area contributed by atoms with Gasteiger partial charge < -0.3 is 29.9 Å². The maximum Gasteiger partial charge on any atom is 0.146 e. The Hall–Kier alpha value is -2.10. The highest BCUT2D eigenvalue weighted by atomic mass is 16.6. The van der Waals surface area contributed by atoms with E-state index in [1.165, 1.54) is 0 Å². The number of hydrogen-bond acceptors (Lipinski definition) is 8. The number of epoxide rings is 2. The molecule has 4 N–H and O–H groups in total. The van der Waals surface area contributed by atoms with E-state index in [1.807, 2.05) is 0 Å².